The molecule has 0 spiro atoms. The van der Waals surface area contributed by atoms with Crippen molar-refractivity contribution < 1.29 is 5.11 Å². The second kappa shape index (κ2) is 3.57. The summed E-state index contributed by atoms with van der Waals surface area (Å²) in [5.41, 5.74) is 0.329. The summed E-state index contributed by atoms with van der Waals surface area (Å²) in [7, 11) is 0. The Morgan fingerprint density at radius 2 is 2.00 bits per heavy atom. The quantitative estimate of drug-likeness (QED) is 0.663. The highest BCUT2D eigenvalue weighted by Crippen LogP contribution is 2.47. The fraction of sp³-hybridized carbons (Fsp3) is 1.00. The van der Waals surface area contributed by atoms with E-state index < -0.39 is 0 Å². The molecule has 11 heavy (non-hydrogen) atoms. The van der Waals surface area contributed by atoms with Gasteiger partial charge in [-0.2, -0.15) is 0 Å². The van der Waals surface area contributed by atoms with Gasteiger partial charge in [0, 0.05) is 0 Å². The second-order valence-corrected chi connectivity index (χ2v) is 3.87. The molecule has 1 unspecified atom stereocenters. The van der Waals surface area contributed by atoms with Gasteiger partial charge in [-0.05, 0) is 31.1 Å². The predicted octanol–water partition coefficient (Wildman–Crippen LogP) is 2.73. The first kappa shape index (κ1) is 9.05. The molecule has 0 aromatic rings. The van der Waals surface area contributed by atoms with E-state index in [0.717, 1.165) is 19.3 Å². The predicted molar refractivity (Wildman–Crippen MR) is 47.5 cm³/mol. The molecular weight excluding hydrogens is 136 g/mol. The van der Waals surface area contributed by atoms with Crippen molar-refractivity contribution >= 4 is 0 Å². The third kappa shape index (κ3) is 1.58. The molecule has 1 atom stereocenters. The zero-order chi connectivity index (χ0) is 8.32. The largest absolute Gasteiger partial charge is 0.393 e. The minimum absolute atomic E-state index is 0.0220. The molecule has 0 radical (unpaired) electrons. The van der Waals surface area contributed by atoms with Crippen LogP contribution in [0.1, 0.15) is 52.4 Å². The van der Waals surface area contributed by atoms with E-state index in [2.05, 4.69) is 13.8 Å². The lowest BCUT2D eigenvalue weighted by molar-refractivity contribution is -0.0422. The van der Waals surface area contributed by atoms with Crippen LogP contribution >= 0.6 is 0 Å². The summed E-state index contributed by atoms with van der Waals surface area (Å²) in [4.78, 5) is 0. The molecule has 0 aromatic heterocycles. The number of aliphatic hydroxyl groups excluding tert-OH is 1. The first-order chi connectivity index (χ1) is 5.25. The average Bonchev–Trinajstić information content (AvgIpc) is 1.87. The summed E-state index contributed by atoms with van der Waals surface area (Å²) in [6.45, 7) is 4.35. The number of aliphatic hydroxyl groups is 1. The van der Waals surface area contributed by atoms with Crippen LogP contribution in [0.25, 0.3) is 0 Å². The van der Waals surface area contributed by atoms with E-state index in [4.69, 9.17) is 0 Å². The van der Waals surface area contributed by atoms with Crippen molar-refractivity contribution in [3.8, 4) is 0 Å². The van der Waals surface area contributed by atoms with Crippen LogP contribution < -0.4 is 0 Å². The molecule has 1 nitrogen and oxygen atoms in total. The highest BCUT2D eigenvalue weighted by atomic mass is 16.3. The van der Waals surface area contributed by atoms with Gasteiger partial charge in [0.05, 0.1) is 6.10 Å². The maximum atomic E-state index is 9.82. The van der Waals surface area contributed by atoms with Gasteiger partial charge < -0.3 is 5.11 Å². The molecular formula is C10H20O. The molecule has 0 saturated heterocycles. The van der Waals surface area contributed by atoms with Gasteiger partial charge >= 0.3 is 0 Å². The van der Waals surface area contributed by atoms with Crippen molar-refractivity contribution in [2.75, 3.05) is 0 Å². The van der Waals surface area contributed by atoms with Crippen molar-refractivity contribution in [2.24, 2.45) is 5.41 Å². The summed E-state index contributed by atoms with van der Waals surface area (Å²) >= 11 is 0. The Morgan fingerprint density at radius 1 is 1.36 bits per heavy atom. The summed E-state index contributed by atoms with van der Waals surface area (Å²) in [5.74, 6) is 0. The van der Waals surface area contributed by atoms with Crippen LogP contribution in [0.2, 0.25) is 0 Å². The molecule has 0 aliphatic heterocycles. The van der Waals surface area contributed by atoms with Crippen LogP contribution in [0.4, 0.5) is 0 Å². The molecule has 1 heteroatoms. The number of hydrogen-bond acceptors (Lipinski definition) is 1. The molecule has 0 amide bonds. The summed E-state index contributed by atoms with van der Waals surface area (Å²) < 4.78 is 0. The van der Waals surface area contributed by atoms with Crippen LogP contribution in [0.5, 0.6) is 0 Å². The van der Waals surface area contributed by atoms with Crippen molar-refractivity contribution in [2.45, 2.75) is 58.5 Å². The van der Waals surface area contributed by atoms with Gasteiger partial charge in [0.25, 0.3) is 0 Å². The zero-order valence-electron chi connectivity index (χ0n) is 7.77. The second-order valence-electron chi connectivity index (χ2n) is 3.87. The first-order valence-corrected chi connectivity index (χ1v) is 4.93. The Kier molecular flexibility index (Phi) is 2.94. The Hall–Kier alpha value is -0.0400. The zero-order valence-corrected chi connectivity index (χ0v) is 7.77. The van der Waals surface area contributed by atoms with Gasteiger partial charge in [-0.25, -0.2) is 0 Å². The molecule has 1 aliphatic carbocycles. The minimum Gasteiger partial charge on any atom is -0.393 e. The van der Waals surface area contributed by atoms with Gasteiger partial charge in [0.1, 0.15) is 0 Å². The van der Waals surface area contributed by atoms with Crippen LogP contribution in [0, 0.1) is 5.41 Å². The van der Waals surface area contributed by atoms with E-state index in [1.165, 1.54) is 19.3 Å². The van der Waals surface area contributed by atoms with Gasteiger partial charge in [0.2, 0.25) is 0 Å². The van der Waals surface area contributed by atoms with E-state index in [-0.39, 0.29) is 6.10 Å². The number of hydrogen-bond donors (Lipinski definition) is 1. The molecule has 66 valence electrons. The SMILES string of the molecule is CCCC(O)C1(CC)CCC1. The van der Waals surface area contributed by atoms with Gasteiger partial charge in [-0.15, -0.1) is 0 Å². The number of rotatable bonds is 4. The fourth-order valence-corrected chi connectivity index (χ4v) is 2.13. The van der Waals surface area contributed by atoms with Crippen molar-refractivity contribution in [3.63, 3.8) is 0 Å². The molecule has 0 heterocycles. The maximum absolute atomic E-state index is 9.82. The fourth-order valence-electron chi connectivity index (χ4n) is 2.13. The molecule has 1 saturated carbocycles. The normalized spacial score (nSPS) is 24.3. The van der Waals surface area contributed by atoms with E-state index >= 15 is 0 Å². The third-order valence-corrected chi connectivity index (χ3v) is 3.32. The van der Waals surface area contributed by atoms with E-state index in [1.807, 2.05) is 0 Å². The lowest BCUT2D eigenvalue weighted by Gasteiger charge is -2.45. The first-order valence-electron chi connectivity index (χ1n) is 4.93. The highest BCUT2D eigenvalue weighted by Gasteiger charge is 2.40. The van der Waals surface area contributed by atoms with Gasteiger partial charge in [0.15, 0.2) is 0 Å². The van der Waals surface area contributed by atoms with Gasteiger partial charge in [-0.1, -0.05) is 26.7 Å². The standard InChI is InChI=1S/C10H20O/c1-3-6-9(11)10(4-2)7-5-8-10/h9,11H,3-8H2,1-2H3. The third-order valence-electron chi connectivity index (χ3n) is 3.32. The van der Waals surface area contributed by atoms with Crippen molar-refractivity contribution in [1.29, 1.82) is 0 Å². The summed E-state index contributed by atoms with van der Waals surface area (Å²) in [6, 6.07) is 0. The molecule has 1 aliphatic rings. The van der Waals surface area contributed by atoms with Crippen molar-refractivity contribution in [1.82, 2.24) is 0 Å². The molecule has 1 fully saturated rings. The highest BCUT2D eigenvalue weighted by molar-refractivity contribution is 4.92. The Labute approximate surface area is 69.8 Å². The van der Waals surface area contributed by atoms with E-state index in [1.54, 1.807) is 0 Å². The van der Waals surface area contributed by atoms with E-state index in [0.29, 0.717) is 5.41 Å². The summed E-state index contributed by atoms with van der Waals surface area (Å²) in [5, 5.41) is 9.82. The molecule has 1 N–H and O–H groups in total. The smallest absolute Gasteiger partial charge is 0.0596 e. The van der Waals surface area contributed by atoms with Crippen LogP contribution in [0.15, 0.2) is 0 Å². The minimum atomic E-state index is -0.0220. The Bertz CT molecular complexity index is 111. The summed E-state index contributed by atoms with van der Waals surface area (Å²) in [6.07, 6.45) is 7.08. The Balaban J connectivity index is 2.40. The van der Waals surface area contributed by atoms with Crippen LogP contribution in [-0.4, -0.2) is 11.2 Å². The van der Waals surface area contributed by atoms with Crippen molar-refractivity contribution in [3.05, 3.63) is 0 Å². The Morgan fingerprint density at radius 3 is 2.27 bits per heavy atom. The molecule has 0 bridgehead atoms. The van der Waals surface area contributed by atoms with Crippen LogP contribution in [-0.2, 0) is 0 Å². The van der Waals surface area contributed by atoms with E-state index in [9.17, 15) is 5.11 Å². The molecule has 1 rings (SSSR count). The van der Waals surface area contributed by atoms with Gasteiger partial charge in [-0.3, -0.25) is 0 Å². The lowest BCUT2D eigenvalue weighted by atomic mass is 9.63. The monoisotopic (exact) mass is 156 g/mol. The van der Waals surface area contributed by atoms with Crippen LogP contribution in [0.3, 0.4) is 0 Å². The molecule has 0 aromatic carbocycles. The topological polar surface area (TPSA) is 20.2 Å². The average molecular weight is 156 g/mol. The maximum Gasteiger partial charge on any atom is 0.0596 e. The lowest BCUT2D eigenvalue weighted by Crippen LogP contribution is -2.40.